The lowest BCUT2D eigenvalue weighted by Gasteiger charge is -2.35. The van der Waals surface area contributed by atoms with E-state index in [2.05, 4.69) is 54.2 Å². The molecular weight excluding hydrogens is 356 g/mol. The summed E-state index contributed by atoms with van der Waals surface area (Å²) in [5.41, 5.74) is 0. The van der Waals surface area contributed by atoms with Gasteiger partial charge in [0.1, 0.15) is 11.6 Å². The molecule has 2 N–H and O–H groups in total. The van der Waals surface area contributed by atoms with Gasteiger partial charge in [0.05, 0.1) is 0 Å². The summed E-state index contributed by atoms with van der Waals surface area (Å²) in [7, 11) is 0. The lowest BCUT2D eigenvalue weighted by Crippen LogP contribution is -2.38. The van der Waals surface area contributed by atoms with E-state index < -0.39 is 0 Å². The minimum atomic E-state index is 0.276. The van der Waals surface area contributed by atoms with Crippen LogP contribution >= 0.6 is 12.2 Å². The molecule has 3 rings (SSSR count). The molecule has 6 nitrogen and oxygen atoms in total. The zero-order valence-corrected chi connectivity index (χ0v) is 18.0. The molecule has 2 fully saturated rings. The molecule has 0 unspecified atom stereocenters. The van der Waals surface area contributed by atoms with Crippen LogP contribution in [0.2, 0.25) is 0 Å². The largest absolute Gasteiger partial charge is 0.360 e. The van der Waals surface area contributed by atoms with E-state index in [0.717, 1.165) is 37.8 Å². The van der Waals surface area contributed by atoms with E-state index in [1.54, 1.807) is 0 Å². The normalized spacial score (nSPS) is 23.4. The molecule has 0 radical (unpaired) electrons. The van der Waals surface area contributed by atoms with Crippen LogP contribution in [-0.4, -0.2) is 47.3 Å². The fourth-order valence-electron chi connectivity index (χ4n) is 4.00. The van der Waals surface area contributed by atoms with Crippen LogP contribution in [0.1, 0.15) is 53.4 Å². The Morgan fingerprint density at radius 2 is 1.56 bits per heavy atom. The second-order valence-electron chi connectivity index (χ2n) is 8.55. The first-order valence-electron chi connectivity index (χ1n) is 10.4. The first kappa shape index (κ1) is 20.1. The Kier molecular flexibility index (Phi) is 6.73. The quantitative estimate of drug-likeness (QED) is 0.761. The van der Waals surface area contributed by atoms with Gasteiger partial charge in [-0.15, -0.1) is 0 Å². The molecule has 0 bridgehead atoms. The van der Waals surface area contributed by atoms with Crippen LogP contribution in [0.4, 0.5) is 17.6 Å². The Hall–Kier alpha value is -1.63. The third-order valence-corrected chi connectivity index (χ3v) is 5.53. The smallest absolute Gasteiger partial charge is 0.232 e. The SMILES string of the molecule is CC(C)NC(=S)Nc1nc(N2CCC[C@@H](C)C2)cc(N2CCC[C@H](C)C2)n1. The van der Waals surface area contributed by atoms with E-state index in [9.17, 15) is 0 Å². The van der Waals surface area contributed by atoms with Gasteiger partial charge in [0.2, 0.25) is 5.95 Å². The van der Waals surface area contributed by atoms with Gasteiger partial charge >= 0.3 is 0 Å². The van der Waals surface area contributed by atoms with E-state index in [4.69, 9.17) is 22.2 Å². The predicted molar refractivity (Wildman–Crippen MR) is 118 cm³/mol. The molecular formula is C20H34N6S. The number of anilines is 3. The highest BCUT2D eigenvalue weighted by molar-refractivity contribution is 7.80. The average molecular weight is 391 g/mol. The minimum absolute atomic E-state index is 0.276. The highest BCUT2D eigenvalue weighted by Gasteiger charge is 2.23. The van der Waals surface area contributed by atoms with Crippen molar-refractivity contribution in [3.63, 3.8) is 0 Å². The summed E-state index contributed by atoms with van der Waals surface area (Å²) in [6.45, 7) is 13.0. The molecule has 1 aromatic heterocycles. The summed E-state index contributed by atoms with van der Waals surface area (Å²) in [5.74, 6) is 4.02. The third kappa shape index (κ3) is 5.67. The summed E-state index contributed by atoms with van der Waals surface area (Å²) < 4.78 is 0. The molecule has 0 aromatic carbocycles. The van der Waals surface area contributed by atoms with Crippen molar-refractivity contribution in [1.82, 2.24) is 15.3 Å². The number of thiocarbonyl (C=S) groups is 1. The molecule has 0 saturated carbocycles. The van der Waals surface area contributed by atoms with Crippen LogP contribution in [0.25, 0.3) is 0 Å². The molecule has 1 aromatic rings. The molecule has 2 aliphatic heterocycles. The number of rotatable bonds is 4. The van der Waals surface area contributed by atoms with E-state index in [1.807, 2.05) is 0 Å². The van der Waals surface area contributed by atoms with Crippen molar-refractivity contribution in [3.05, 3.63) is 6.07 Å². The number of nitrogens with zero attached hydrogens (tertiary/aromatic N) is 4. The van der Waals surface area contributed by atoms with E-state index >= 15 is 0 Å². The maximum Gasteiger partial charge on any atom is 0.232 e. The molecule has 2 saturated heterocycles. The van der Waals surface area contributed by atoms with Crippen molar-refractivity contribution in [1.29, 1.82) is 0 Å². The maximum absolute atomic E-state index is 5.42. The first-order chi connectivity index (χ1) is 12.9. The van der Waals surface area contributed by atoms with Gasteiger partial charge in [-0.2, -0.15) is 9.97 Å². The Morgan fingerprint density at radius 3 is 2.00 bits per heavy atom. The lowest BCUT2D eigenvalue weighted by atomic mass is 10.00. The van der Waals surface area contributed by atoms with Gasteiger partial charge in [-0.25, -0.2) is 0 Å². The van der Waals surface area contributed by atoms with Crippen LogP contribution in [0.5, 0.6) is 0 Å². The van der Waals surface area contributed by atoms with Crippen molar-refractivity contribution >= 4 is 34.9 Å². The standard InChI is InChI=1S/C20H34N6S/c1-14(2)21-20(27)24-19-22-17(25-9-5-7-15(3)12-25)11-18(23-19)26-10-6-8-16(4)13-26/h11,14-16H,5-10,12-13H2,1-4H3,(H2,21,22,23,24,27)/t15-,16+. The average Bonchev–Trinajstić information content (AvgIpc) is 2.60. The van der Waals surface area contributed by atoms with Crippen molar-refractivity contribution < 1.29 is 0 Å². The molecule has 0 aliphatic carbocycles. The summed E-state index contributed by atoms with van der Waals surface area (Å²) >= 11 is 5.42. The van der Waals surface area contributed by atoms with Gasteiger partial charge in [-0.3, -0.25) is 0 Å². The van der Waals surface area contributed by atoms with Gasteiger partial charge in [-0.1, -0.05) is 13.8 Å². The predicted octanol–water partition coefficient (Wildman–Crippen LogP) is 3.64. The fourth-order valence-corrected chi connectivity index (χ4v) is 4.32. The minimum Gasteiger partial charge on any atom is -0.360 e. The number of hydrogen-bond donors (Lipinski definition) is 2. The Labute approximate surface area is 169 Å². The number of nitrogens with one attached hydrogen (secondary N) is 2. The highest BCUT2D eigenvalue weighted by atomic mass is 32.1. The van der Waals surface area contributed by atoms with Gasteiger partial charge < -0.3 is 20.4 Å². The first-order valence-corrected chi connectivity index (χ1v) is 10.8. The van der Waals surface area contributed by atoms with E-state index in [0.29, 0.717) is 22.9 Å². The molecule has 27 heavy (non-hydrogen) atoms. The van der Waals surface area contributed by atoms with Crippen molar-refractivity contribution in [2.24, 2.45) is 11.8 Å². The van der Waals surface area contributed by atoms with Crippen molar-refractivity contribution in [2.45, 2.75) is 59.4 Å². The maximum atomic E-state index is 5.42. The van der Waals surface area contributed by atoms with Crippen LogP contribution in [0, 0.1) is 11.8 Å². The number of piperidine rings is 2. The van der Waals surface area contributed by atoms with Crippen LogP contribution < -0.4 is 20.4 Å². The van der Waals surface area contributed by atoms with Crippen molar-refractivity contribution in [3.8, 4) is 0 Å². The van der Waals surface area contributed by atoms with Gasteiger partial charge in [0.25, 0.3) is 0 Å². The van der Waals surface area contributed by atoms with Crippen LogP contribution in [0.3, 0.4) is 0 Å². The zero-order valence-electron chi connectivity index (χ0n) is 17.2. The third-order valence-electron chi connectivity index (χ3n) is 5.31. The zero-order chi connectivity index (χ0) is 19.4. The molecule has 7 heteroatoms. The van der Waals surface area contributed by atoms with Gasteiger partial charge in [0, 0.05) is 38.3 Å². The monoisotopic (exact) mass is 390 g/mol. The molecule has 0 amide bonds. The summed E-state index contributed by atoms with van der Waals surface area (Å²) in [6, 6.07) is 2.44. The molecule has 2 aliphatic rings. The summed E-state index contributed by atoms with van der Waals surface area (Å²) in [4.78, 5) is 14.4. The van der Waals surface area contributed by atoms with E-state index in [1.165, 1.54) is 25.7 Å². The van der Waals surface area contributed by atoms with Crippen molar-refractivity contribution in [2.75, 3.05) is 41.3 Å². The van der Waals surface area contributed by atoms with Crippen LogP contribution in [0.15, 0.2) is 6.07 Å². The molecule has 3 heterocycles. The fraction of sp³-hybridized carbons (Fsp3) is 0.750. The molecule has 150 valence electrons. The lowest BCUT2D eigenvalue weighted by molar-refractivity contribution is 0.441. The molecule has 2 atom stereocenters. The van der Waals surface area contributed by atoms with Crippen LogP contribution in [-0.2, 0) is 0 Å². The van der Waals surface area contributed by atoms with Gasteiger partial charge in [-0.05, 0) is 63.6 Å². The topological polar surface area (TPSA) is 56.3 Å². The van der Waals surface area contributed by atoms with Gasteiger partial charge in [0.15, 0.2) is 5.11 Å². The Balaban J connectivity index is 1.86. The summed E-state index contributed by atoms with van der Waals surface area (Å²) in [5, 5.41) is 6.99. The number of hydrogen-bond acceptors (Lipinski definition) is 5. The Bertz CT molecular complexity index is 609. The Morgan fingerprint density at radius 1 is 1.04 bits per heavy atom. The number of aromatic nitrogens is 2. The highest BCUT2D eigenvalue weighted by Crippen LogP contribution is 2.28. The molecule has 0 spiro atoms. The van der Waals surface area contributed by atoms with E-state index in [-0.39, 0.29) is 6.04 Å². The second-order valence-corrected chi connectivity index (χ2v) is 8.96. The second kappa shape index (κ2) is 9.04. The summed E-state index contributed by atoms with van der Waals surface area (Å²) in [6.07, 6.45) is 5.03.